The molecule has 0 aliphatic heterocycles. The zero-order chi connectivity index (χ0) is 27.6. The topological polar surface area (TPSA) is 87.3 Å². The molecular weight excluding hydrogens is 553 g/mol. The van der Waals surface area contributed by atoms with E-state index in [9.17, 15) is 14.4 Å². The van der Waals surface area contributed by atoms with Crippen LogP contribution in [0.1, 0.15) is 15.9 Å². The third-order valence-electron chi connectivity index (χ3n) is 5.31. The van der Waals surface area contributed by atoms with Gasteiger partial charge in [-0.25, -0.2) is 0 Å². The number of benzene rings is 4. The molecule has 0 saturated carbocycles. The van der Waals surface area contributed by atoms with Crippen LogP contribution in [0.3, 0.4) is 0 Å². The van der Waals surface area contributed by atoms with E-state index in [0.29, 0.717) is 27.0 Å². The smallest absolute Gasteiger partial charge is 0.272 e. The number of halogens is 2. The number of carbonyl (C=O) groups excluding carboxylic acids is 3. The van der Waals surface area contributed by atoms with Gasteiger partial charge in [-0.05, 0) is 60.2 Å². The third kappa shape index (κ3) is 8.48. The molecule has 0 fully saturated rings. The van der Waals surface area contributed by atoms with Crippen molar-refractivity contribution in [1.82, 2.24) is 5.32 Å². The Hall–Kier alpha value is -4.04. The number of hydrogen-bond acceptors (Lipinski definition) is 4. The number of rotatable bonds is 9. The van der Waals surface area contributed by atoms with Gasteiger partial charge in [0, 0.05) is 21.2 Å². The van der Waals surface area contributed by atoms with Crippen molar-refractivity contribution in [2.75, 3.05) is 16.4 Å². The van der Waals surface area contributed by atoms with Crippen LogP contribution >= 0.6 is 35.0 Å². The lowest BCUT2D eigenvalue weighted by Crippen LogP contribution is -2.30. The molecule has 0 saturated heterocycles. The van der Waals surface area contributed by atoms with Crippen molar-refractivity contribution in [3.63, 3.8) is 0 Å². The van der Waals surface area contributed by atoms with Gasteiger partial charge in [0.25, 0.3) is 11.8 Å². The van der Waals surface area contributed by atoms with Crippen LogP contribution < -0.4 is 16.0 Å². The van der Waals surface area contributed by atoms with Crippen molar-refractivity contribution < 1.29 is 14.4 Å². The van der Waals surface area contributed by atoms with Crippen LogP contribution in [0.4, 0.5) is 11.4 Å². The summed E-state index contributed by atoms with van der Waals surface area (Å²) in [6, 6.07) is 29.8. The summed E-state index contributed by atoms with van der Waals surface area (Å²) in [6.45, 7) is 0. The Morgan fingerprint density at radius 3 is 2.21 bits per heavy atom. The van der Waals surface area contributed by atoms with Crippen LogP contribution in [0.15, 0.2) is 114 Å². The van der Waals surface area contributed by atoms with Gasteiger partial charge in [-0.2, -0.15) is 0 Å². The van der Waals surface area contributed by atoms with Crippen LogP contribution in [0.25, 0.3) is 6.08 Å². The van der Waals surface area contributed by atoms with E-state index in [-0.39, 0.29) is 17.4 Å². The van der Waals surface area contributed by atoms with E-state index < -0.39 is 11.8 Å². The highest BCUT2D eigenvalue weighted by Crippen LogP contribution is 2.27. The molecule has 4 aromatic carbocycles. The second-order valence-electron chi connectivity index (χ2n) is 8.23. The molecule has 0 aromatic heterocycles. The summed E-state index contributed by atoms with van der Waals surface area (Å²) < 4.78 is 0. The van der Waals surface area contributed by atoms with E-state index in [1.165, 1.54) is 11.8 Å². The van der Waals surface area contributed by atoms with Gasteiger partial charge in [0.1, 0.15) is 5.70 Å². The summed E-state index contributed by atoms with van der Waals surface area (Å²) >= 11 is 13.3. The first-order valence-corrected chi connectivity index (χ1v) is 13.5. The molecule has 9 heteroatoms. The predicted octanol–water partition coefficient (Wildman–Crippen LogP) is 7.13. The molecule has 39 heavy (non-hydrogen) atoms. The molecule has 0 radical (unpaired) electrons. The van der Waals surface area contributed by atoms with E-state index in [0.717, 1.165) is 10.5 Å². The van der Waals surface area contributed by atoms with Gasteiger partial charge < -0.3 is 16.0 Å². The van der Waals surface area contributed by atoms with Crippen molar-refractivity contribution in [3.05, 3.63) is 130 Å². The van der Waals surface area contributed by atoms with Crippen molar-refractivity contribution in [2.24, 2.45) is 0 Å². The third-order valence-corrected chi connectivity index (χ3v) is 6.85. The molecule has 0 bridgehead atoms. The first kappa shape index (κ1) is 28.0. The molecule has 0 atom stereocenters. The summed E-state index contributed by atoms with van der Waals surface area (Å²) in [5, 5.41) is 9.14. The monoisotopic (exact) mass is 575 g/mol. The fourth-order valence-electron chi connectivity index (χ4n) is 3.45. The molecule has 0 spiro atoms. The Balaban J connectivity index is 1.43. The Morgan fingerprint density at radius 1 is 0.769 bits per heavy atom. The number of nitrogens with one attached hydrogen (secondary N) is 3. The molecule has 3 N–H and O–H groups in total. The minimum atomic E-state index is -0.486. The molecule has 4 aromatic rings. The number of anilines is 2. The summed E-state index contributed by atoms with van der Waals surface area (Å²) in [5.74, 6) is -0.998. The van der Waals surface area contributed by atoms with Crippen LogP contribution in [0.5, 0.6) is 0 Å². The number of thioether (sulfide) groups is 1. The van der Waals surface area contributed by atoms with E-state index in [1.807, 2.05) is 42.5 Å². The first-order chi connectivity index (χ1) is 18.9. The second kappa shape index (κ2) is 13.7. The normalized spacial score (nSPS) is 11.0. The Morgan fingerprint density at radius 2 is 1.49 bits per heavy atom. The van der Waals surface area contributed by atoms with Gasteiger partial charge in [-0.1, -0.05) is 77.8 Å². The number of hydrogen-bond donors (Lipinski definition) is 3. The standard InChI is InChI=1S/C30H23Cl2N3O3S/c31-22-14-15-26(25(32)17-22)34-28(36)19-39-24-13-7-12-23(18-24)33-30(38)27(16-20-8-3-1-4-9-20)35-29(37)21-10-5-2-6-11-21/h1-18H,19H2,(H,33,38)(H,34,36)(H,35,37)/b27-16-. The van der Waals surface area contributed by atoms with Crippen LogP contribution in [-0.4, -0.2) is 23.5 Å². The van der Waals surface area contributed by atoms with E-state index >= 15 is 0 Å². The van der Waals surface area contributed by atoms with Crippen molar-refractivity contribution in [2.45, 2.75) is 4.90 Å². The number of amides is 3. The average Bonchev–Trinajstić information content (AvgIpc) is 2.94. The van der Waals surface area contributed by atoms with Crippen LogP contribution in [0, 0.1) is 0 Å². The van der Waals surface area contributed by atoms with Gasteiger partial charge in [0.15, 0.2) is 0 Å². The molecule has 4 rings (SSSR count). The predicted molar refractivity (Wildman–Crippen MR) is 159 cm³/mol. The molecule has 0 heterocycles. The quantitative estimate of drug-likeness (QED) is 0.146. The molecule has 196 valence electrons. The minimum Gasteiger partial charge on any atom is -0.324 e. The molecule has 0 aliphatic rings. The second-order valence-corrected chi connectivity index (χ2v) is 10.1. The highest BCUT2D eigenvalue weighted by molar-refractivity contribution is 8.00. The van der Waals surface area contributed by atoms with Crippen molar-refractivity contribution >= 4 is 70.1 Å². The molecule has 0 aliphatic carbocycles. The summed E-state index contributed by atoms with van der Waals surface area (Å²) in [6.07, 6.45) is 1.61. The fraction of sp³-hybridized carbons (Fsp3) is 0.0333. The highest BCUT2D eigenvalue weighted by Gasteiger charge is 2.15. The molecular formula is C30H23Cl2N3O3S. The Labute approximate surface area is 240 Å². The van der Waals surface area contributed by atoms with E-state index in [1.54, 1.807) is 66.7 Å². The van der Waals surface area contributed by atoms with Crippen LogP contribution in [0.2, 0.25) is 10.0 Å². The van der Waals surface area contributed by atoms with Gasteiger partial charge >= 0.3 is 0 Å². The first-order valence-electron chi connectivity index (χ1n) is 11.8. The lowest BCUT2D eigenvalue weighted by Gasteiger charge is -2.12. The van der Waals surface area contributed by atoms with Gasteiger partial charge in [0.05, 0.1) is 16.5 Å². The molecule has 0 unspecified atom stereocenters. The van der Waals surface area contributed by atoms with E-state index in [4.69, 9.17) is 23.2 Å². The lowest BCUT2D eigenvalue weighted by molar-refractivity contribution is -0.114. The lowest BCUT2D eigenvalue weighted by atomic mass is 10.1. The fourth-order valence-corrected chi connectivity index (χ4v) is 4.66. The zero-order valence-electron chi connectivity index (χ0n) is 20.5. The number of carbonyl (C=O) groups is 3. The average molecular weight is 577 g/mol. The molecule has 3 amide bonds. The van der Waals surface area contributed by atoms with Gasteiger partial charge in [-0.15, -0.1) is 11.8 Å². The van der Waals surface area contributed by atoms with E-state index in [2.05, 4.69) is 16.0 Å². The Kier molecular flexibility index (Phi) is 9.80. The summed E-state index contributed by atoms with van der Waals surface area (Å²) in [5.41, 5.74) is 2.27. The minimum absolute atomic E-state index is 0.0901. The van der Waals surface area contributed by atoms with Gasteiger partial charge in [-0.3, -0.25) is 14.4 Å². The van der Waals surface area contributed by atoms with Crippen molar-refractivity contribution in [1.29, 1.82) is 0 Å². The highest BCUT2D eigenvalue weighted by atomic mass is 35.5. The van der Waals surface area contributed by atoms with Gasteiger partial charge in [0.2, 0.25) is 5.91 Å². The summed E-state index contributed by atoms with van der Waals surface area (Å²) in [4.78, 5) is 39.2. The largest absolute Gasteiger partial charge is 0.324 e. The maximum absolute atomic E-state index is 13.2. The molecule has 6 nitrogen and oxygen atoms in total. The van der Waals surface area contributed by atoms with Crippen LogP contribution in [-0.2, 0) is 9.59 Å². The zero-order valence-corrected chi connectivity index (χ0v) is 22.8. The van der Waals surface area contributed by atoms with Crippen molar-refractivity contribution in [3.8, 4) is 0 Å². The Bertz CT molecular complexity index is 1510. The summed E-state index contributed by atoms with van der Waals surface area (Å²) in [7, 11) is 0. The SMILES string of the molecule is O=C(CSc1cccc(NC(=O)/C(=C/c2ccccc2)NC(=O)c2ccccc2)c1)Nc1ccc(Cl)cc1Cl. The maximum atomic E-state index is 13.2. The maximum Gasteiger partial charge on any atom is 0.272 e.